The lowest BCUT2D eigenvalue weighted by Crippen LogP contribution is -2.52. The number of rotatable bonds is 5. The van der Waals surface area contributed by atoms with E-state index in [9.17, 15) is 18.0 Å². The quantitative estimate of drug-likeness (QED) is 0.738. The first-order valence-corrected chi connectivity index (χ1v) is 9.72. The van der Waals surface area contributed by atoms with Gasteiger partial charge >= 0.3 is 6.03 Å². The first-order valence-electron chi connectivity index (χ1n) is 7.90. The Labute approximate surface area is 142 Å². The van der Waals surface area contributed by atoms with Crippen LogP contribution in [0, 0.1) is 5.92 Å². The Morgan fingerprint density at radius 1 is 1.17 bits per heavy atom. The predicted octanol–water partition coefficient (Wildman–Crippen LogP) is 1.14. The number of sulfone groups is 1. The van der Waals surface area contributed by atoms with Gasteiger partial charge in [-0.2, -0.15) is 0 Å². The van der Waals surface area contributed by atoms with Crippen molar-refractivity contribution in [1.82, 2.24) is 10.6 Å². The number of benzene rings is 1. The van der Waals surface area contributed by atoms with Gasteiger partial charge in [-0.05, 0) is 24.5 Å². The molecular weight excluding hydrogens is 330 g/mol. The van der Waals surface area contributed by atoms with Crippen molar-refractivity contribution < 1.29 is 18.0 Å². The van der Waals surface area contributed by atoms with Gasteiger partial charge in [0.1, 0.15) is 6.04 Å². The van der Waals surface area contributed by atoms with Crippen LogP contribution in [0.1, 0.15) is 20.3 Å². The highest BCUT2D eigenvalue weighted by atomic mass is 32.2. The van der Waals surface area contributed by atoms with Crippen LogP contribution in [0.25, 0.3) is 0 Å². The molecule has 0 radical (unpaired) electrons. The molecule has 1 saturated heterocycles. The zero-order valence-corrected chi connectivity index (χ0v) is 14.6. The van der Waals surface area contributed by atoms with Crippen molar-refractivity contribution in [3.63, 3.8) is 0 Å². The topological polar surface area (TPSA) is 104 Å². The highest BCUT2D eigenvalue weighted by molar-refractivity contribution is 7.91. The number of amides is 3. The molecule has 1 aromatic rings. The predicted molar refractivity (Wildman–Crippen MR) is 92.4 cm³/mol. The average molecular weight is 353 g/mol. The minimum absolute atomic E-state index is 0.0526. The van der Waals surface area contributed by atoms with E-state index in [1.807, 2.05) is 19.9 Å². The smallest absolute Gasteiger partial charge is 0.315 e. The summed E-state index contributed by atoms with van der Waals surface area (Å²) in [6.45, 7) is 3.66. The third-order valence-corrected chi connectivity index (χ3v) is 5.61. The van der Waals surface area contributed by atoms with E-state index in [2.05, 4.69) is 16.0 Å². The molecule has 0 bridgehead atoms. The lowest BCUT2D eigenvalue weighted by atomic mass is 10.0. The Bertz CT molecular complexity index is 689. The molecule has 1 aromatic carbocycles. The van der Waals surface area contributed by atoms with Crippen molar-refractivity contribution in [1.29, 1.82) is 0 Å². The van der Waals surface area contributed by atoms with Gasteiger partial charge in [-0.15, -0.1) is 0 Å². The van der Waals surface area contributed by atoms with E-state index in [0.29, 0.717) is 12.1 Å². The summed E-state index contributed by atoms with van der Waals surface area (Å²) in [5.41, 5.74) is 0.650. The molecule has 1 fully saturated rings. The van der Waals surface area contributed by atoms with Gasteiger partial charge < -0.3 is 16.0 Å². The van der Waals surface area contributed by atoms with Crippen LogP contribution in [0.15, 0.2) is 30.3 Å². The SMILES string of the molecule is CC(C)[C@H](NC(=O)NC1CCS(=O)(=O)C1)C(=O)Nc1ccccc1. The van der Waals surface area contributed by atoms with Crippen LogP contribution in [0.5, 0.6) is 0 Å². The van der Waals surface area contributed by atoms with Crippen LogP contribution in [0.2, 0.25) is 0 Å². The van der Waals surface area contributed by atoms with Crippen LogP contribution in [-0.2, 0) is 14.6 Å². The van der Waals surface area contributed by atoms with Crippen LogP contribution in [0.4, 0.5) is 10.5 Å². The number of urea groups is 1. The van der Waals surface area contributed by atoms with Gasteiger partial charge in [0.25, 0.3) is 0 Å². The fraction of sp³-hybridized carbons (Fsp3) is 0.500. The number of carbonyl (C=O) groups excluding carboxylic acids is 2. The van der Waals surface area contributed by atoms with Crippen molar-refractivity contribution in [3.05, 3.63) is 30.3 Å². The molecule has 1 aliphatic heterocycles. The molecule has 24 heavy (non-hydrogen) atoms. The van der Waals surface area contributed by atoms with Crippen LogP contribution in [0.3, 0.4) is 0 Å². The summed E-state index contributed by atoms with van der Waals surface area (Å²) < 4.78 is 22.9. The van der Waals surface area contributed by atoms with Gasteiger partial charge in [0.2, 0.25) is 5.91 Å². The molecule has 132 valence electrons. The Morgan fingerprint density at radius 3 is 2.38 bits per heavy atom. The number of para-hydroxylation sites is 1. The van der Waals surface area contributed by atoms with Gasteiger partial charge in [-0.25, -0.2) is 13.2 Å². The zero-order valence-electron chi connectivity index (χ0n) is 13.8. The minimum Gasteiger partial charge on any atom is -0.334 e. The zero-order chi connectivity index (χ0) is 17.7. The van der Waals surface area contributed by atoms with Gasteiger partial charge in [-0.1, -0.05) is 32.0 Å². The highest BCUT2D eigenvalue weighted by Crippen LogP contribution is 2.12. The molecule has 1 aliphatic rings. The first kappa shape index (κ1) is 18.3. The van der Waals surface area contributed by atoms with Crippen molar-refractivity contribution in [2.45, 2.75) is 32.4 Å². The van der Waals surface area contributed by atoms with Crippen molar-refractivity contribution in [2.75, 3.05) is 16.8 Å². The van der Waals surface area contributed by atoms with Crippen molar-refractivity contribution in [2.24, 2.45) is 5.92 Å². The highest BCUT2D eigenvalue weighted by Gasteiger charge is 2.30. The summed E-state index contributed by atoms with van der Waals surface area (Å²) in [5, 5.41) is 8.02. The Kier molecular flexibility index (Phi) is 5.82. The number of carbonyl (C=O) groups is 2. The van der Waals surface area contributed by atoms with Crippen LogP contribution < -0.4 is 16.0 Å². The van der Waals surface area contributed by atoms with E-state index in [4.69, 9.17) is 0 Å². The summed E-state index contributed by atoms with van der Waals surface area (Å²) in [4.78, 5) is 24.5. The second-order valence-electron chi connectivity index (χ2n) is 6.29. The number of nitrogens with one attached hydrogen (secondary N) is 3. The molecule has 2 rings (SSSR count). The molecule has 3 N–H and O–H groups in total. The molecule has 7 nitrogen and oxygen atoms in total. The summed E-state index contributed by atoms with van der Waals surface area (Å²) in [6, 6.07) is 7.33. The van der Waals surface area contributed by atoms with Crippen LogP contribution >= 0.6 is 0 Å². The Morgan fingerprint density at radius 2 is 1.83 bits per heavy atom. The first-order chi connectivity index (χ1) is 11.3. The maximum atomic E-state index is 12.4. The number of hydrogen-bond acceptors (Lipinski definition) is 4. The fourth-order valence-corrected chi connectivity index (χ4v) is 4.23. The second kappa shape index (κ2) is 7.65. The van der Waals surface area contributed by atoms with Crippen molar-refractivity contribution >= 4 is 27.5 Å². The van der Waals surface area contributed by atoms with Crippen LogP contribution in [-0.4, -0.2) is 43.9 Å². The molecule has 1 unspecified atom stereocenters. The molecule has 3 amide bonds. The lowest BCUT2D eigenvalue weighted by molar-refractivity contribution is -0.118. The van der Waals surface area contributed by atoms with E-state index >= 15 is 0 Å². The van der Waals surface area contributed by atoms with Gasteiger partial charge in [0, 0.05) is 11.7 Å². The maximum absolute atomic E-state index is 12.4. The van der Waals surface area contributed by atoms with Gasteiger partial charge in [0.05, 0.1) is 11.5 Å². The number of anilines is 1. The van der Waals surface area contributed by atoms with E-state index in [1.165, 1.54) is 0 Å². The summed E-state index contributed by atoms with van der Waals surface area (Å²) in [7, 11) is -3.06. The number of hydrogen-bond donors (Lipinski definition) is 3. The van der Waals surface area contributed by atoms with E-state index in [-0.39, 0.29) is 23.3 Å². The van der Waals surface area contributed by atoms with E-state index < -0.39 is 28.0 Å². The third kappa shape index (κ3) is 5.23. The standard InChI is InChI=1S/C16H23N3O4S/c1-11(2)14(15(20)17-12-6-4-3-5-7-12)19-16(21)18-13-8-9-24(22,23)10-13/h3-7,11,13-14H,8-10H2,1-2H3,(H,17,20)(H2,18,19,21)/t13?,14-/m0/s1. The molecule has 2 atom stereocenters. The van der Waals surface area contributed by atoms with Gasteiger partial charge in [0.15, 0.2) is 9.84 Å². The normalized spacial score (nSPS) is 20.4. The average Bonchev–Trinajstić information content (AvgIpc) is 2.84. The second-order valence-corrected chi connectivity index (χ2v) is 8.52. The van der Waals surface area contributed by atoms with Crippen molar-refractivity contribution in [3.8, 4) is 0 Å². The van der Waals surface area contributed by atoms with E-state index in [1.54, 1.807) is 24.3 Å². The monoisotopic (exact) mass is 353 g/mol. The maximum Gasteiger partial charge on any atom is 0.315 e. The largest absolute Gasteiger partial charge is 0.334 e. The summed E-state index contributed by atoms with van der Waals surface area (Å²) in [6.07, 6.45) is 0.401. The summed E-state index contributed by atoms with van der Waals surface area (Å²) >= 11 is 0. The van der Waals surface area contributed by atoms with E-state index in [0.717, 1.165) is 0 Å². The molecule has 0 saturated carbocycles. The molecule has 8 heteroatoms. The molecular formula is C16H23N3O4S. The molecule has 0 aliphatic carbocycles. The van der Waals surface area contributed by atoms with Gasteiger partial charge in [-0.3, -0.25) is 4.79 Å². The molecule has 1 heterocycles. The minimum atomic E-state index is -3.06. The molecule has 0 aromatic heterocycles. The Balaban J connectivity index is 1.93. The lowest BCUT2D eigenvalue weighted by Gasteiger charge is -2.23. The third-order valence-electron chi connectivity index (χ3n) is 3.84. The Hall–Kier alpha value is -2.09. The fourth-order valence-electron chi connectivity index (χ4n) is 2.55. The summed E-state index contributed by atoms with van der Waals surface area (Å²) in [5.74, 6) is -0.402. The molecule has 0 spiro atoms.